The SMILES string of the molecule is O=C(O)c1cccc(Nc2ccc3ccccc3c2)c1C(=O)O. The van der Waals surface area contributed by atoms with Gasteiger partial charge in [0.15, 0.2) is 0 Å². The minimum atomic E-state index is -1.29. The van der Waals surface area contributed by atoms with E-state index >= 15 is 0 Å². The Labute approximate surface area is 131 Å². The van der Waals surface area contributed by atoms with E-state index in [0.717, 1.165) is 10.8 Å². The Morgan fingerprint density at radius 3 is 2.22 bits per heavy atom. The van der Waals surface area contributed by atoms with Crippen LogP contribution in [0, 0.1) is 0 Å². The molecule has 0 aliphatic rings. The maximum Gasteiger partial charge on any atom is 0.338 e. The molecule has 23 heavy (non-hydrogen) atoms. The third-order valence-electron chi connectivity index (χ3n) is 3.54. The highest BCUT2D eigenvalue weighted by Gasteiger charge is 2.20. The van der Waals surface area contributed by atoms with Crippen LogP contribution in [-0.4, -0.2) is 22.2 Å². The Morgan fingerprint density at radius 1 is 0.783 bits per heavy atom. The first kappa shape index (κ1) is 14.6. The summed E-state index contributed by atoms with van der Waals surface area (Å²) in [6.45, 7) is 0. The molecule has 3 aromatic rings. The van der Waals surface area contributed by atoms with Crippen molar-refractivity contribution in [2.45, 2.75) is 0 Å². The fourth-order valence-electron chi connectivity index (χ4n) is 2.49. The first-order valence-corrected chi connectivity index (χ1v) is 6.91. The third kappa shape index (κ3) is 2.85. The fraction of sp³-hybridized carbons (Fsp3) is 0. The van der Waals surface area contributed by atoms with Crippen LogP contribution in [0.25, 0.3) is 10.8 Å². The second-order valence-electron chi connectivity index (χ2n) is 5.03. The van der Waals surface area contributed by atoms with Gasteiger partial charge in [-0.3, -0.25) is 0 Å². The van der Waals surface area contributed by atoms with Crippen LogP contribution in [0.5, 0.6) is 0 Å². The highest BCUT2D eigenvalue weighted by atomic mass is 16.4. The third-order valence-corrected chi connectivity index (χ3v) is 3.54. The minimum absolute atomic E-state index is 0.243. The normalized spacial score (nSPS) is 10.4. The molecule has 0 saturated heterocycles. The average Bonchev–Trinajstić information content (AvgIpc) is 2.54. The van der Waals surface area contributed by atoms with Gasteiger partial charge in [-0.25, -0.2) is 9.59 Å². The van der Waals surface area contributed by atoms with Crippen LogP contribution in [0.15, 0.2) is 60.7 Å². The number of fused-ring (bicyclic) bond motifs is 1. The van der Waals surface area contributed by atoms with E-state index in [4.69, 9.17) is 5.11 Å². The van der Waals surface area contributed by atoms with Crippen molar-refractivity contribution in [3.05, 3.63) is 71.8 Å². The molecule has 0 amide bonds. The molecule has 0 fully saturated rings. The maximum atomic E-state index is 11.4. The smallest absolute Gasteiger partial charge is 0.338 e. The van der Waals surface area contributed by atoms with Crippen molar-refractivity contribution in [1.29, 1.82) is 0 Å². The molecule has 3 aromatic carbocycles. The molecule has 3 N–H and O–H groups in total. The number of hydrogen-bond acceptors (Lipinski definition) is 3. The maximum absolute atomic E-state index is 11.4. The molecule has 0 aliphatic carbocycles. The zero-order chi connectivity index (χ0) is 16.4. The summed E-state index contributed by atoms with van der Waals surface area (Å²) < 4.78 is 0. The molecule has 5 heteroatoms. The average molecular weight is 307 g/mol. The van der Waals surface area contributed by atoms with Gasteiger partial charge in [0.25, 0.3) is 0 Å². The van der Waals surface area contributed by atoms with Crippen molar-refractivity contribution in [3.63, 3.8) is 0 Å². The summed E-state index contributed by atoms with van der Waals surface area (Å²) in [5.41, 5.74) is 0.429. The zero-order valence-corrected chi connectivity index (χ0v) is 12.0. The number of nitrogens with one attached hydrogen (secondary N) is 1. The van der Waals surface area contributed by atoms with Gasteiger partial charge in [-0.2, -0.15) is 0 Å². The van der Waals surface area contributed by atoms with Gasteiger partial charge in [-0.15, -0.1) is 0 Å². The fourth-order valence-corrected chi connectivity index (χ4v) is 2.49. The first-order chi connectivity index (χ1) is 11.1. The number of anilines is 2. The van der Waals surface area contributed by atoms with Crippen molar-refractivity contribution in [2.24, 2.45) is 0 Å². The number of carboxylic acids is 2. The van der Waals surface area contributed by atoms with Crippen LogP contribution in [0.1, 0.15) is 20.7 Å². The molecule has 114 valence electrons. The highest BCUT2D eigenvalue weighted by molar-refractivity contribution is 6.06. The van der Waals surface area contributed by atoms with E-state index < -0.39 is 11.9 Å². The number of carboxylic acid groups (broad SMARTS) is 2. The van der Waals surface area contributed by atoms with Gasteiger partial charge in [0.05, 0.1) is 16.8 Å². The molecule has 0 bridgehead atoms. The van der Waals surface area contributed by atoms with Gasteiger partial charge in [0.2, 0.25) is 0 Å². The van der Waals surface area contributed by atoms with Crippen molar-refractivity contribution >= 4 is 34.1 Å². The second-order valence-corrected chi connectivity index (χ2v) is 5.03. The summed E-state index contributed by atoms with van der Waals surface area (Å²) in [4.78, 5) is 22.7. The summed E-state index contributed by atoms with van der Waals surface area (Å²) in [7, 11) is 0. The minimum Gasteiger partial charge on any atom is -0.478 e. The number of aromatic carboxylic acids is 2. The molecule has 0 atom stereocenters. The van der Waals surface area contributed by atoms with E-state index in [2.05, 4.69) is 5.32 Å². The number of rotatable bonds is 4. The van der Waals surface area contributed by atoms with E-state index in [9.17, 15) is 14.7 Å². The molecule has 0 saturated carbocycles. The van der Waals surface area contributed by atoms with Gasteiger partial charge in [-0.05, 0) is 35.0 Å². The Morgan fingerprint density at radius 2 is 1.52 bits per heavy atom. The van der Waals surface area contributed by atoms with E-state index in [0.29, 0.717) is 5.69 Å². The number of carbonyl (C=O) groups is 2. The lowest BCUT2D eigenvalue weighted by molar-refractivity contribution is 0.0652. The van der Waals surface area contributed by atoms with Crippen molar-refractivity contribution in [1.82, 2.24) is 0 Å². The van der Waals surface area contributed by atoms with Gasteiger partial charge in [-0.1, -0.05) is 36.4 Å². The summed E-state index contributed by atoms with van der Waals surface area (Å²) in [5.74, 6) is -2.56. The molecular weight excluding hydrogens is 294 g/mol. The largest absolute Gasteiger partial charge is 0.478 e. The van der Waals surface area contributed by atoms with E-state index in [-0.39, 0.29) is 16.8 Å². The molecule has 0 aliphatic heterocycles. The monoisotopic (exact) mass is 307 g/mol. The molecule has 0 aromatic heterocycles. The summed E-state index contributed by atoms with van der Waals surface area (Å²) in [5, 5.41) is 23.6. The standard InChI is InChI=1S/C18H13NO4/c20-17(21)14-6-3-7-15(16(14)18(22)23)19-13-9-8-11-4-1-2-5-12(11)10-13/h1-10,19H,(H,20,21)(H,22,23). The van der Waals surface area contributed by atoms with Crippen LogP contribution < -0.4 is 5.32 Å². The molecule has 0 heterocycles. The molecular formula is C18H13NO4. The Balaban J connectivity index is 2.06. The van der Waals surface area contributed by atoms with E-state index in [1.54, 1.807) is 6.07 Å². The molecule has 5 nitrogen and oxygen atoms in total. The van der Waals surface area contributed by atoms with Crippen molar-refractivity contribution in [3.8, 4) is 0 Å². The van der Waals surface area contributed by atoms with Crippen LogP contribution in [0.4, 0.5) is 11.4 Å². The summed E-state index contributed by atoms with van der Waals surface area (Å²) in [6, 6.07) is 17.7. The molecule has 0 spiro atoms. The summed E-state index contributed by atoms with van der Waals surface area (Å²) in [6.07, 6.45) is 0. The van der Waals surface area contributed by atoms with Crippen LogP contribution in [0.3, 0.4) is 0 Å². The van der Waals surface area contributed by atoms with Gasteiger partial charge >= 0.3 is 11.9 Å². The molecule has 0 unspecified atom stereocenters. The number of hydrogen-bond donors (Lipinski definition) is 3. The topological polar surface area (TPSA) is 86.6 Å². The summed E-state index contributed by atoms with van der Waals surface area (Å²) >= 11 is 0. The molecule has 3 rings (SSSR count). The van der Waals surface area contributed by atoms with Gasteiger partial charge < -0.3 is 15.5 Å². The lowest BCUT2D eigenvalue weighted by Crippen LogP contribution is -2.11. The Bertz CT molecular complexity index is 918. The van der Waals surface area contributed by atoms with Gasteiger partial charge in [0, 0.05) is 5.69 Å². The first-order valence-electron chi connectivity index (χ1n) is 6.91. The van der Waals surface area contributed by atoms with Crippen molar-refractivity contribution < 1.29 is 19.8 Å². The lowest BCUT2D eigenvalue weighted by atomic mass is 10.0. The van der Waals surface area contributed by atoms with Crippen molar-refractivity contribution in [2.75, 3.05) is 5.32 Å². The number of benzene rings is 3. The van der Waals surface area contributed by atoms with Crippen LogP contribution in [-0.2, 0) is 0 Å². The van der Waals surface area contributed by atoms with E-state index in [1.807, 2.05) is 42.5 Å². The zero-order valence-electron chi connectivity index (χ0n) is 12.0. The Hall–Kier alpha value is -3.34. The van der Waals surface area contributed by atoms with Crippen LogP contribution >= 0.6 is 0 Å². The lowest BCUT2D eigenvalue weighted by Gasteiger charge is -2.12. The molecule has 0 radical (unpaired) electrons. The quantitative estimate of drug-likeness (QED) is 0.678. The highest BCUT2D eigenvalue weighted by Crippen LogP contribution is 2.26. The van der Waals surface area contributed by atoms with Gasteiger partial charge in [0.1, 0.15) is 0 Å². The Kier molecular flexibility index (Phi) is 3.68. The predicted octanol–water partition coefficient (Wildman–Crippen LogP) is 3.98. The predicted molar refractivity (Wildman–Crippen MR) is 87.6 cm³/mol. The second kappa shape index (κ2) is 5.81. The van der Waals surface area contributed by atoms with Crippen LogP contribution in [0.2, 0.25) is 0 Å². The van der Waals surface area contributed by atoms with E-state index in [1.165, 1.54) is 12.1 Å².